The van der Waals surface area contributed by atoms with Crippen molar-refractivity contribution in [3.05, 3.63) is 96.7 Å². The Morgan fingerprint density at radius 3 is 2.32 bits per heavy atom. The molecule has 0 spiro atoms. The first-order chi connectivity index (χ1) is 16.7. The summed E-state index contributed by atoms with van der Waals surface area (Å²) in [5.74, 6) is 0.207. The van der Waals surface area contributed by atoms with Gasteiger partial charge in [-0.15, -0.1) is 0 Å². The number of aromatic hydroxyl groups is 1. The largest absolute Gasteiger partial charge is 0.508 e. The molecule has 0 bridgehead atoms. The van der Waals surface area contributed by atoms with E-state index in [9.17, 15) is 5.11 Å². The number of para-hydroxylation sites is 1. The van der Waals surface area contributed by atoms with Crippen molar-refractivity contribution in [2.45, 2.75) is 19.9 Å². The summed E-state index contributed by atoms with van der Waals surface area (Å²) in [5.41, 5.74) is 6.65. The molecule has 1 aliphatic heterocycles. The highest BCUT2D eigenvalue weighted by Crippen LogP contribution is 2.43. The summed E-state index contributed by atoms with van der Waals surface area (Å²) in [7, 11) is 0. The first-order valence-corrected chi connectivity index (χ1v) is 11.6. The van der Waals surface area contributed by atoms with E-state index >= 15 is 0 Å². The fourth-order valence-electron chi connectivity index (χ4n) is 4.36. The maximum Gasteiger partial charge on any atom is 0.115 e. The zero-order valence-electron chi connectivity index (χ0n) is 19.3. The van der Waals surface area contributed by atoms with Gasteiger partial charge in [-0.2, -0.15) is 10.2 Å². The van der Waals surface area contributed by atoms with Gasteiger partial charge in [0.15, 0.2) is 0 Å². The van der Waals surface area contributed by atoms with Crippen molar-refractivity contribution in [3.63, 3.8) is 0 Å². The van der Waals surface area contributed by atoms with Crippen molar-refractivity contribution in [1.29, 1.82) is 0 Å². The van der Waals surface area contributed by atoms with Crippen molar-refractivity contribution in [1.82, 2.24) is 4.90 Å². The van der Waals surface area contributed by atoms with E-state index in [1.54, 1.807) is 24.3 Å². The molecular weight excluding hydrogens is 422 g/mol. The lowest BCUT2D eigenvalue weighted by molar-refractivity contribution is 0.392. The number of hydrogen-bond donors (Lipinski definition) is 1. The number of nitrogens with zero attached hydrogens (tertiary/aromatic N) is 5. The van der Waals surface area contributed by atoms with E-state index in [0.717, 1.165) is 41.6 Å². The number of allylic oxidation sites excluding steroid dienone is 1. The van der Waals surface area contributed by atoms with Crippen LogP contribution in [0.2, 0.25) is 0 Å². The van der Waals surface area contributed by atoms with Crippen LogP contribution in [0.25, 0.3) is 0 Å². The van der Waals surface area contributed by atoms with Crippen LogP contribution in [0.3, 0.4) is 0 Å². The predicted octanol–water partition coefficient (Wildman–Crippen LogP) is 7.20. The Kier molecular flexibility index (Phi) is 5.95. The lowest BCUT2D eigenvalue weighted by Crippen LogP contribution is -2.40. The number of phenols is 1. The lowest BCUT2D eigenvalue weighted by atomic mass is 9.97. The molecule has 0 radical (unpaired) electrons. The van der Waals surface area contributed by atoms with Crippen LogP contribution in [-0.4, -0.2) is 34.8 Å². The highest BCUT2D eigenvalue weighted by atomic mass is 16.3. The molecule has 1 atom stereocenters. The smallest absolute Gasteiger partial charge is 0.115 e. The van der Waals surface area contributed by atoms with Gasteiger partial charge < -0.3 is 14.9 Å². The van der Waals surface area contributed by atoms with Gasteiger partial charge in [0.05, 0.1) is 34.5 Å². The molecular formula is C28H27N5O. The molecule has 0 amide bonds. The number of benzene rings is 3. The van der Waals surface area contributed by atoms with Crippen molar-refractivity contribution in [2.24, 2.45) is 15.2 Å². The number of hydrogen-bond acceptors (Lipinski definition) is 6. The summed E-state index contributed by atoms with van der Waals surface area (Å²) >= 11 is 0. The number of phenolic OH excluding ortho intramolecular Hbond substituents is 1. The Morgan fingerprint density at radius 2 is 1.59 bits per heavy atom. The van der Waals surface area contributed by atoms with Crippen molar-refractivity contribution < 1.29 is 5.11 Å². The third kappa shape index (κ3) is 4.22. The quantitative estimate of drug-likeness (QED) is 0.405. The van der Waals surface area contributed by atoms with Gasteiger partial charge in [-0.3, -0.25) is 0 Å². The highest BCUT2D eigenvalue weighted by molar-refractivity contribution is 6.10. The van der Waals surface area contributed by atoms with E-state index < -0.39 is 0 Å². The molecule has 3 aromatic carbocycles. The van der Waals surface area contributed by atoms with Crippen LogP contribution in [0.15, 0.2) is 112 Å². The molecule has 0 aromatic heterocycles. The van der Waals surface area contributed by atoms with Gasteiger partial charge in [0, 0.05) is 24.5 Å². The van der Waals surface area contributed by atoms with E-state index in [2.05, 4.69) is 76.4 Å². The van der Waals surface area contributed by atoms with Crippen LogP contribution in [-0.2, 0) is 0 Å². The van der Waals surface area contributed by atoms with E-state index in [4.69, 9.17) is 4.99 Å². The molecule has 1 N–H and O–H groups in total. The van der Waals surface area contributed by atoms with Crippen LogP contribution in [0.5, 0.6) is 5.75 Å². The molecule has 1 heterocycles. The number of aliphatic imine (C=N–C) groups is 1. The average Bonchev–Trinajstić information content (AvgIpc) is 2.88. The summed E-state index contributed by atoms with van der Waals surface area (Å²) in [6.07, 6.45) is 6.60. The lowest BCUT2D eigenvalue weighted by Gasteiger charge is -2.39. The minimum absolute atomic E-state index is 0.0141. The van der Waals surface area contributed by atoms with Crippen LogP contribution < -0.4 is 4.90 Å². The normalized spacial score (nSPS) is 16.6. The highest BCUT2D eigenvalue weighted by Gasteiger charge is 2.31. The summed E-state index contributed by atoms with van der Waals surface area (Å²) in [6.45, 7) is 6.27. The molecule has 0 saturated heterocycles. The Bertz CT molecular complexity index is 1290. The van der Waals surface area contributed by atoms with E-state index in [0.29, 0.717) is 5.69 Å². The minimum Gasteiger partial charge on any atom is -0.508 e. The molecule has 6 heteroatoms. The molecule has 6 nitrogen and oxygen atoms in total. The fourth-order valence-corrected chi connectivity index (χ4v) is 4.36. The number of azo groups is 1. The fraction of sp³-hybridized carbons (Fsp3) is 0.179. The van der Waals surface area contributed by atoms with Crippen molar-refractivity contribution >= 4 is 34.1 Å². The maximum absolute atomic E-state index is 9.49. The summed E-state index contributed by atoms with van der Waals surface area (Å²) in [5, 5.41) is 18.3. The van der Waals surface area contributed by atoms with Gasteiger partial charge >= 0.3 is 0 Å². The zero-order valence-corrected chi connectivity index (χ0v) is 19.3. The Balaban J connectivity index is 1.57. The molecule has 3 aromatic rings. The third-order valence-corrected chi connectivity index (χ3v) is 6.10. The van der Waals surface area contributed by atoms with E-state index in [1.807, 2.05) is 24.3 Å². The third-order valence-electron chi connectivity index (χ3n) is 6.10. The molecule has 1 aliphatic carbocycles. The predicted molar refractivity (Wildman–Crippen MR) is 138 cm³/mol. The second-order valence-corrected chi connectivity index (χ2v) is 8.17. The van der Waals surface area contributed by atoms with Crippen LogP contribution in [0.1, 0.15) is 13.8 Å². The van der Waals surface area contributed by atoms with Crippen LogP contribution >= 0.6 is 0 Å². The average molecular weight is 450 g/mol. The van der Waals surface area contributed by atoms with Gasteiger partial charge in [-0.1, -0.05) is 18.2 Å². The minimum atomic E-state index is -0.0141. The monoisotopic (exact) mass is 449 g/mol. The van der Waals surface area contributed by atoms with E-state index in [-0.39, 0.29) is 11.8 Å². The number of fused-ring (bicyclic) bond motifs is 2. The van der Waals surface area contributed by atoms with Crippen molar-refractivity contribution in [2.75, 3.05) is 18.0 Å². The van der Waals surface area contributed by atoms with Gasteiger partial charge in [0.1, 0.15) is 5.75 Å². The molecule has 34 heavy (non-hydrogen) atoms. The number of rotatable bonds is 6. The maximum atomic E-state index is 9.49. The molecule has 2 aliphatic rings. The zero-order chi connectivity index (χ0) is 23.5. The summed E-state index contributed by atoms with van der Waals surface area (Å²) in [6, 6.07) is 23.0. The number of likely N-dealkylation sites (N-methyl/N-ethyl adjacent to an activating group) is 1. The molecule has 0 saturated carbocycles. The SMILES string of the molecule is CCN(CC)C1=CC2C(=Nc3ccc(N=Nc4ccc(O)cc4)cc3N2c2ccccc2)C=C1. The summed E-state index contributed by atoms with van der Waals surface area (Å²) in [4.78, 5) is 9.66. The Labute approximate surface area is 199 Å². The topological polar surface area (TPSA) is 63.8 Å². The first-order valence-electron chi connectivity index (χ1n) is 11.6. The van der Waals surface area contributed by atoms with Gasteiger partial charge in [-0.05, 0) is 86.7 Å². The second-order valence-electron chi connectivity index (χ2n) is 8.17. The molecule has 0 fully saturated rings. The molecule has 5 rings (SSSR count). The van der Waals surface area contributed by atoms with Gasteiger partial charge in [0.2, 0.25) is 0 Å². The Morgan fingerprint density at radius 1 is 0.882 bits per heavy atom. The Hall–Kier alpha value is -4.19. The summed E-state index contributed by atoms with van der Waals surface area (Å²) < 4.78 is 0. The van der Waals surface area contributed by atoms with Crippen molar-refractivity contribution in [3.8, 4) is 5.75 Å². The first kappa shape index (κ1) is 21.6. The van der Waals surface area contributed by atoms with Gasteiger partial charge in [-0.25, -0.2) is 4.99 Å². The van der Waals surface area contributed by atoms with Crippen LogP contribution in [0, 0.1) is 0 Å². The number of anilines is 2. The second kappa shape index (κ2) is 9.35. The van der Waals surface area contributed by atoms with Crippen LogP contribution in [0.4, 0.5) is 28.4 Å². The molecule has 1 unspecified atom stereocenters. The van der Waals surface area contributed by atoms with E-state index in [1.165, 1.54) is 5.70 Å². The standard InChI is InChI=1S/C28H27N5O/c1-3-32(4-2)23-13-17-26-28(19-23)33(22-8-6-5-7-9-22)27-18-21(12-16-25(27)29-26)31-30-20-10-14-24(34)15-11-20/h5-19,28,34H,3-4H2,1-2H3. The van der Waals surface area contributed by atoms with Gasteiger partial charge in [0.25, 0.3) is 0 Å². The molecule has 170 valence electrons.